The summed E-state index contributed by atoms with van der Waals surface area (Å²) in [6.45, 7) is 4.02. The molecule has 108 valence electrons. The summed E-state index contributed by atoms with van der Waals surface area (Å²) < 4.78 is 17.2. The molecule has 0 aromatic heterocycles. The number of aryl methyl sites for hydroxylation is 1. The fourth-order valence-corrected chi connectivity index (χ4v) is 2.01. The Hall–Kier alpha value is -1.09. The van der Waals surface area contributed by atoms with E-state index in [0.717, 1.165) is 18.6 Å². The molecule has 0 saturated heterocycles. The van der Waals surface area contributed by atoms with Crippen LogP contribution in [0.2, 0.25) is 0 Å². The lowest BCUT2D eigenvalue weighted by molar-refractivity contribution is 0.273. The van der Waals surface area contributed by atoms with Crippen LogP contribution in [0.1, 0.15) is 38.7 Å². The molecule has 0 saturated carbocycles. The zero-order chi connectivity index (χ0) is 14.1. The highest BCUT2D eigenvalue weighted by Crippen LogP contribution is 2.17. The van der Waals surface area contributed by atoms with E-state index >= 15 is 0 Å². The molecule has 0 aliphatic rings. The standard InChI is InChI=1S/C16H26FNO/c1-13(3-5-14(2)18)4-6-15-7-9-16(10-8-15)19-12-11-17/h7-10,13-14H,3-6,11-12,18H2,1-2H3/t13?,14-/m0/s1. The fourth-order valence-electron chi connectivity index (χ4n) is 2.01. The summed E-state index contributed by atoms with van der Waals surface area (Å²) in [6, 6.07) is 8.25. The first-order chi connectivity index (χ1) is 9.11. The maximum absolute atomic E-state index is 12.0. The molecule has 0 spiro atoms. The molecular formula is C16H26FNO. The predicted molar refractivity (Wildman–Crippen MR) is 78.3 cm³/mol. The van der Waals surface area contributed by atoms with Crippen LogP contribution in [0, 0.1) is 5.92 Å². The third kappa shape index (κ3) is 7.16. The third-order valence-corrected chi connectivity index (χ3v) is 3.31. The Labute approximate surface area is 116 Å². The lowest BCUT2D eigenvalue weighted by Gasteiger charge is -2.13. The molecule has 2 N–H and O–H groups in total. The number of alkyl halides is 1. The summed E-state index contributed by atoms with van der Waals surface area (Å²) in [6.07, 6.45) is 4.54. The molecule has 0 amide bonds. The second kappa shape index (κ2) is 8.92. The number of rotatable bonds is 9. The van der Waals surface area contributed by atoms with Gasteiger partial charge in [-0.05, 0) is 56.2 Å². The lowest BCUT2D eigenvalue weighted by Crippen LogP contribution is -2.15. The highest BCUT2D eigenvalue weighted by Gasteiger charge is 2.05. The monoisotopic (exact) mass is 267 g/mol. The Balaban J connectivity index is 2.29. The molecule has 0 radical (unpaired) electrons. The van der Waals surface area contributed by atoms with Crippen LogP contribution < -0.4 is 10.5 Å². The highest BCUT2D eigenvalue weighted by molar-refractivity contribution is 5.27. The normalized spacial score (nSPS) is 14.1. The van der Waals surface area contributed by atoms with Crippen LogP contribution >= 0.6 is 0 Å². The van der Waals surface area contributed by atoms with Crippen molar-refractivity contribution < 1.29 is 9.13 Å². The Bertz CT molecular complexity index is 337. The number of ether oxygens (including phenoxy) is 1. The van der Waals surface area contributed by atoms with E-state index in [0.29, 0.717) is 12.0 Å². The number of halogens is 1. The summed E-state index contributed by atoms with van der Waals surface area (Å²) in [5.74, 6) is 1.44. The van der Waals surface area contributed by atoms with Crippen molar-refractivity contribution >= 4 is 0 Å². The summed E-state index contributed by atoms with van der Waals surface area (Å²) in [7, 11) is 0. The smallest absolute Gasteiger partial charge is 0.123 e. The molecule has 0 aliphatic heterocycles. The molecule has 2 nitrogen and oxygen atoms in total. The molecule has 1 unspecified atom stereocenters. The maximum atomic E-state index is 12.0. The highest BCUT2D eigenvalue weighted by atomic mass is 19.1. The minimum atomic E-state index is -0.446. The van der Waals surface area contributed by atoms with Crippen molar-refractivity contribution in [2.75, 3.05) is 13.3 Å². The van der Waals surface area contributed by atoms with E-state index < -0.39 is 6.67 Å². The van der Waals surface area contributed by atoms with Gasteiger partial charge in [-0.15, -0.1) is 0 Å². The molecule has 0 bridgehead atoms. The van der Waals surface area contributed by atoms with Gasteiger partial charge in [-0.1, -0.05) is 19.1 Å². The summed E-state index contributed by atoms with van der Waals surface area (Å²) in [5.41, 5.74) is 7.07. The van der Waals surface area contributed by atoms with Gasteiger partial charge in [0.2, 0.25) is 0 Å². The molecule has 0 aliphatic carbocycles. The van der Waals surface area contributed by atoms with Gasteiger partial charge in [0.1, 0.15) is 19.0 Å². The van der Waals surface area contributed by atoms with Gasteiger partial charge in [-0.3, -0.25) is 0 Å². The minimum absolute atomic E-state index is 0.133. The Kier molecular flexibility index (Phi) is 7.49. The van der Waals surface area contributed by atoms with Crippen LogP contribution in [0.4, 0.5) is 4.39 Å². The molecule has 0 heterocycles. The van der Waals surface area contributed by atoms with E-state index in [1.54, 1.807) is 0 Å². The van der Waals surface area contributed by atoms with E-state index in [4.69, 9.17) is 10.5 Å². The van der Waals surface area contributed by atoms with Crippen LogP contribution in [-0.2, 0) is 6.42 Å². The van der Waals surface area contributed by atoms with Gasteiger partial charge in [0.25, 0.3) is 0 Å². The predicted octanol–water partition coefficient (Wildman–Crippen LogP) is 3.73. The Morgan fingerprint density at radius 3 is 2.37 bits per heavy atom. The number of hydrogen-bond donors (Lipinski definition) is 1. The zero-order valence-electron chi connectivity index (χ0n) is 12.1. The van der Waals surface area contributed by atoms with Crippen molar-refractivity contribution in [2.24, 2.45) is 11.7 Å². The Morgan fingerprint density at radius 1 is 1.11 bits per heavy atom. The van der Waals surface area contributed by atoms with Crippen LogP contribution in [0.3, 0.4) is 0 Å². The maximum Gasteiger partial charge on any atom is 0.123 e. The van der Waals surface area contributed by atoms with Crippen molar-refractivity contribution in [1.82, 2.24) is 0 Å². The lowest BCUT2D eigenvalue weighted by atomic mass is 9.95. The molecule has 1 rings (SSSR count). The number of benzene rings is 1. The first-order valence-corrected chi connectivity index (χ1v) is 7.15. The second-order valence-electron chi connectivity index (χ2n) is 5.38. The third-order valence-electron chi connectivity index (χ3n) is 3.31. The SMILES string of the molecule is CC(CCc1ccc(OCCF)cc1)CC[C@H](C)N. The van der Waals surface area contributed by atoms with E-state index in [2.05, 4.69) is 26.0 Å². The largest absolute Gasteiger partial charge is 0.491 e. The minimum Gasteiger partial charge on any atom is -0.491 e. The molecule has 2 atom stereocenters. The number of hydrogen-bond acceptors (Lipinski definition) is 2. The molecule has 19 heavy (non-hydrogen) atoms. The first kappa shape index (κ1) is 16.0. The molecule has 1 aromatic rings. The molecule has 1 aromatic carbocycles. The van der Waals surface area contributed by atoms with Crippen molar-refractivity contribution in [2.45, 2.75) is 45.6 Å². The first-order valence-electron chi connectivity index (χ1n) is 7.15. The van der Waals surface area contributed by atoms with Gasteiger partial charge in [0, 0.05) is 6.04 Å². The van der Waals surface area contributed by atoms with Gasteiger partial charge in [-0.2, -0.15) is 0 Å². The average Bonchev–Trinajstić information content (AvgIpc) is 2.41. The van der Waals surface area contributed by atoms with Gasteiger partial charge >= 0.3 is 0 Å². The summed E-state index contributed by atoms with van der Waals surface area (Å²) in [5, 5.41) is 0. The van der Waals surface area contributed by atoms with E-state index in [1.165, 1.54) is 18.4 Å². The topological polar surface area (TPSA) is 35.2 Å². The average molecular weight is 267 g/mol. The van der Waals surface area contributed by atoms with Crippen LogP contribution in [0.15, 0.2) is 24.3 Å². The fraction of sp³-hybridized carbons (Fsp3) is 0.625. The van der Waals surface area contributed by atoms with Crippen molar-refractivity contribution in [3.05, 3.63) is 29.8 Å². The molecular weight excluding hydrogens is 241 g/mol. The van der Waals surface area contributed by atoms with Crippen LogP contribution in [-0.4, -0.2) is 19.3 Å². The van der Waals surface area contributed by atoms with E-state index in [9.17, 15) is 4.39 Å². The van der Waals surface area contributed by atoms with Crippen molar-refractivity contribution in [1.29, 1.82) is 0 Å². The molecule has 0 fully saturated rings. The van der Waals surface area contributed by atoms with Gasteiger partial charge < -0.3 is 10.5 Å². The van der Waals surface area contributed by atoms with Gasteiger partial charge in [0.05, 0.1) is 0 Å². The summed E-state index contributed by atoms with van der Waals surface area (Å²) in [4.78, 5) is 0. The van der Waals surface area contributed by atoms with E-state index in [-0.39, 0.29) is 6.61 Å². The Morgan fingerprint density at radius 2 is 1.79 bits per heavy atom. The van der Waals surface area contributed by atoms with Crippen molar-refractivity contribution in [3.63, 3.8) is 0 Å². The molecule has 3 heteroatoms. The quantitative estimate of drug-likeness (QED) is 0.740. The van der Waals surface area contributed by atoms with Crippen molar-refractivity contribution in [3.8, 4) is 5.75 Å². The van der Waals surface area contributed by atoms with Crippen LogP contribution in [0.25, 0.3) is 0 Å². The van der Waals surface area contributed by atoms with Gasteiger partial charge in [0.15, 0.2) is 0 Å². The summed E-state index contributed by atoms with van der Waals surface area (Å²) >= 11 is 0. The van der Waals surface area contributed by atoms with E-state index in [1.807, 2.05) is 12.1 Å². The zero-order valence-corrected chi connectivity index (χ0v) is 12.1. The van der Waals surface area contributed by atoms with Crippen LogP contribution in [0.5, 0.6) is 5.75 Å². The number of nitrogens with two attached hydrogens (primary N) is 1. The second-order valence-corrected chi connectivity index (χ2v) is 5.38. The van der Waals surface area contributed by atoms with Gasteiger partial charge in [-0.25, -0.2) is 4.39 Å².